The lowest BCUT2D eigenvalue weighted by Crippen LogP contribution is -2.41. The van der Waals surface area contributed by atoms with E-state index >= 15 is 0 Å². The van der Waals surface area contributed by atoms with Crippen molar-refractivity contribution < 1.29 is 9.18 Å². The second-order valence-corrected chi connectivity index (χ2v) is 5.46. The van der Waals surface area contributed by atoms with Crippen molar-refractivity contribution in [3.8, 4) is 0 Å². The first kappa shape index (κ1) is 14.9. The van der Waals surface area contributed by atoms with E-state index in [1.807, 2.05) is 7.05 Å². The Morgan fingerprint density at radius 1 is 1.40 bits per heavy atom. The van der Waals surface area contributed by atoms with Gasteiger partial charge < -0.3 is 11.1 Å². The minimum absolute atomic E-state index is 0.0817. The van der Waals surface area contributed by atoms with Gasteiger partial charge in [0.05, 0.1) is 6.54 Å². The standard InChI is InChI=1S/C15H22FN3O/c1-19(14-4-2-3-11(14)9-17)10-15(20)18-13-7-5-12(16)6-8-13/h5-8,11,14H,2-4,9-10,17H2,1H3,(H,18,20). The van der Waals surface area contributed by atoms with Crippen LogP contribution in [0.1, 0.15) is 19.3 Å². The highest BCUT2D eigenvalue weighted by Gasteiger charge is 2.29. The maximum atomic E-state index is 12.8. The summed E-state index contributed by atoms with van der Waals surface area (Å²) in [6.45, 7) is 1.01. The molecule has 4 nitrogen and oxygen atoms in total. The van der Waals surface area contributed by atoms with E-state index in [-0.39, 0.29) is 11.7 Å². The van der Waals surface area contributed by atoms with E-state index in [4.69, 9.17) is 5.73 Å². The van der Waals surface area contributed by atoms with Crippen LogP contribution in [0.4, 0.5) is 10.1 Å². The van der Waals surface area contributed by atoms with Crippen molar-refractivity contribution in [3.63, 3.8) is 0 Å². The van der Waals surface area contributed by atoms with E-state index in [0.717, 1.165) is 12.8 Å². The summed E-state index contributed by atoms with van der Waals surface area (Å²) in [5.74, 6) is 0.0947. The average molecular weight is 279 g/mol. The van der Waals surface area contributed by atoms with Gasteiger partial charge in [-0.05, 0) is 56.6 Å². The van der Waals surface area contributed by atoms with Crippen molar-refractivity contribution in [2.24, 2.45) is 11.7 Å². The number of halogens is 1. The molecule has 20 heavy (non-hydrogen) atoms. The molecule has 0 aliphatic heterocycles. The van der Waals surface area contributed by atoms with Crippen LogP contribution in [0, 0.1) is 11.7 Å². The predicted octanol–water partition coefficient (Wildman–Crippen LogP) is 1.82. The SMILES string of the molecule is CN(CC(=O)Nc1ccc(F)cc1)C1CCCC1CN. The Morgan fingerprint density at radius 2 is 2.10 bits per heavy atom. The molecule has 2 atom stereocenters. The fourth-order valence-electron chi connectivity index (χ4n) is 2.95. The molecule has 2 rings (SSSR count). The maximum Gasteiger partial charge on any atom is 0.238 e. The van der Waals surface area contributed by atoms with Crippen LogP contribution in [0.2, 0.25) is 0 Å². The average Bonchev–Trinajstić information content (AvgIpc) is 2.89. The Balaban J connectivity index is 1.86. The molecule has 5 heteroatoms. The zero-order valence-electron chi connectivity index (χ0n) is 11.8. The number of anilines is 1. The summed E-state index contributed by atoms with van der Waals surface area (Å²) in [6.07, 6.45) is 3.42. The number of rotatable bonds is 5. The normalized spacial score (nSPS) is 22.2. The number of hydrogen-bond acceptors (Lipinski definition) is 3. The molecular weight excluding hydrogens is 257 g/mol. The van der Waals surface area contributed by atoms with Gasteiger partial charge in [-0.3, -0.25) is 9.69 Å². The molecule has 3 N–H and O–H groups in total. The minimum Gasteiger partial charge on any atom is -0.330 e. The van der Waals surface area contributed by atoms with Crippen LogP contribution in [-0.2, 0) is 4.79 Å². The maximum absolute atomic E-state index is 12.8. The quantitative estimate of drug-likeness (QED) is 0.864. The zero-order chi connectivity index (χ0) is 14.5. The Hall–Kier alpha value is -1.46. The van der Waals surface area contributed by atoms with Crippen molar-refractivity contribution in [2.75, 3.05) is 25.5 Å². The third-order valence-electron chi connectivity index (χ3n) is 4.01. The van der Waals surface area contributed by atoms with Gasteiger partial charge >= 0.3 is 0 Å². The molecule has 110 valence electrons. The molecule has 1 fully saturated rings. The zero-order valence-corrected chi connectivity index (χ0v) is 11.8. The van der Waals surface area contributed by atoms with Gasteiger partial charge in [0, 0.05) is 11.7 Å². The summed E-state index contributed by atoms with van der Waals surface area (Å²) in [5, 5.41) is 2.78. The van der Waals surface area contributed by atoms with E-state index in [1.54, 1.807) is 12.1 Å². The van der Waals surface area contributed by atoms with Crippen LogP contribution in [-0.4, -0.2) is 37.0 Å². The number of hydrogen-bond donors (Lipinski definition) is 2. The Labute approximate surface area is 119 Å². The molecule has 1 aliphatic rings. The molecule has 1 saturated carbocycles. The molecule has 0 radical (unpaired) electrons. The van der Waals surface area contributed by atoms with E-state index in [0.29, 0.717) is 30.7 Å². The Kier molecular flexibility index (Phi) is 5.09. The third-order valence-corrected chi connectivity index (χ3v) is 4.01. The van der Waals surface area contributed by atoms with Gasteiger partial charge in [-0.15, -0.1) is 0 Å². The molecule has 1 aromatic rings. The van der Waals surface area contributed by atoms with Crippen molar-refractivity contribution in [1.29, 1.82) is 0 Å². The number of nitrogens with two attached hydrogens (primary N) is 1. The molecule has 0 heterocycles. The van der Waals surface area contributed by atoms with Gasteiger partial charge in [0.1, 0.15) is 5.82 Å². The second-order valence-electron chi connectivity index (χ2n) is 5.46. The van der Waals surface area contributed by atoms with Gasteiger partial charge in [-0.2, -0.15) is 0 Å². The van der Waals surface area contributed by atoms with Gasteiger partial charge in [0.25, 0.3) is 0 Å². The molecular formula is C15H22FN3O. The first-order valence-corrected chi connectivity index (χ1v) is 7.06. The van der Waals surface area contributed by atoms with Crippen LogP contribution in [0.5, 0.6) is 0 Å². The lowest BCUT2D eigenvalue weighted by Gasteiger charge is -2.28. The van der Waals surface area contributed by atoms with Gasteiger partial charge in [-0.25, -0.2) is 4.39 Å². The molecule has 0 bridgehead atoms. The summed E-state index contributed by atoms with van der Waals surface area (Å²) >= 11 is 0. The van der Waals surface area contributed by atoms with Crippen molar-refractivity contribution in [3.05, 3.63) is 30.1 Å². The highest BCUT2D eigenvalue weighted by molar-refractivity contribution is 5.92. The smallest absolute Gasteiger partial charge is 0.238 e. The number of amides is 1. The lowest BCUT2D eigenvalue weighted by molar-refractivity contribution is -0.117. The van der Waals surface area contributed by atoms with Gasteiger partial charge in [0.15, 0.2) is 0 Å². The van der Waals surface area contributed by atoms with Crippen LogP contribution in [0.3, 0.4) is 0 Å². The summed E-state index contributed by atoms with van der Waals surface area (Å²) < 4.78 is 12.8. The number of nitrogens with zero attached hydrogens (tertiary/aromatic N) is 1. The number of likely N-dealkylation sites (N-methyl/N-ethyl adjacent to an activating group) is 1. The fraction of sp³-hybridized carbons (Fsp3) is 0.533. The van der Waals surface area contributed by atoms with Crippen LogP contribution < -0.4 is 11.1 Å². The molecule has 1 amide bonds. The predicted molar refractivity (Wildman–Crippen MR) is 77.8 cm³/mol. The van der Waals surface area contributed by atoms with Crippen molar-refractivity contribution in [1.82, 2.24) is 4.90 Å². The highest BCUT2D eigenvalue weighted by Crippen LogP contribution is 2.28. The van der Waals surface area contributed by atoms with Crippen LogP contribution in [0.15, 0.2) is 24.3 Å². The lowest BCUT2D eigenvalue weighted by atomic mass is 10.0. The summed E-state index contributed by atoms with van der Waals surface area (Å²) in [4.78, 5) is 14.1. The largest absolute Gasteiger partial charge is 0.330 e. The molecule has 2 unspecified atom stereocenters. The third kappa shape index (κ3) is 3.77. The molecule has 0 spiro atoms. The first-order valence-electron chi connectivity index (χ1n) is 7.06. The van der Waals surface area contributed by atoms with Crippen molar-refractivity contribution in [2.45, 2.75) is 25.3 Å². The molecule has 0 aromatic heterocycles. The Bertz CT molecular complexity index is 449. The minimum atomic E-state index is -0.308. The fourth-order valence-corrected chi connectivity index (χ4v) is 2.95. The van der Waals surface area contributed by atoms with E-state index < -0.39 is 0 Å². The topological polar surface area (TPSA) is 58.4 Å². The number of nitrogens with one attached hydrogen (secondary N) is 1. The summed E-state index contributed by atoms with van der Waals surface area (Å²) in [6, 6.07) is 6.18. The van der Waals surface area contributed by atoms with E-state index in [1.165, 1.54) is 18.6 Å². The van der Waals surface area contributed by atoms with Gasteiger partial charge in [0.2, 0.25) is 5.91 Å². The monoisotopic (exact) mass is 279 g/mol. The summed E-state index contributed by atoms with van der Waals surface area (Å²) in [7, 11) is 1.96. The van der Waals surface area contributed by atoms with E-state index in [9.17, 15) is 9.18 Å². The van der Waals surface area contributed by atoms with Crippen LogP contribution >= 0.6 is 0 Å². The van der Waals surface area contributed by atoms with Crippen molar-refractivity contribution >= 4 is 11.6 Å². The first-order chi connectivity index (χ1) is 9.60. The molecule has 0 saturated heterocycles. The highest BCUT2D eigenvalue weighted by atomic mass is 19.1. The Morgan fingerprint density at radius 3 is 2.75 bits per heavy atom. The number of carbonyl (C=O) groups excluding carboxylic acids is 1. The van der Waals surface area contributed by atoms with Crippen LogP contribution in [0.25, 0.3) is 0 Å². The number of carbonyl (C=O) groups is 1. The second kappa shape index (κ2) is 6.81. The van der Waals surface area contributed by atoms with Gasteiger partial charge in [-0.1, -0.05) is 6.42 Å². The van der Waals surface area contributed by atoms with E-state index in [2.05, 4.69) is 10.2 Å². The molecule has 1 aliphatic carbocycles. The molecule has 1 aromatic carbocycles. The summed E-state index contributed by atoms with van der Waals surface area (Å²) in [5.41, 5.74) is 6.39. The number of benzene rings is 1.